The van der Waals surface area contributed by atoms with Crippen molar-refractivity contribution in [2.45, 2.75) is 25.8 Å². The van der Waals surface area contributed by atoms with Crippen LogP contribution >= 0.6 is 0 Å². The minimum absolute atomic E-state index is 0.0360. The van der Waals surface area contributed by atoms with Gasteiger partial charge < -0.3 is 15.2 Å². The van der Waals surface area contributed by atoms with E-state index in [-0.39, 0.29) is 35.9 Å². The fraction of sp³-hybridized carbons (Fsp3) is 0.385. The van der Waals surface area contributed by atoms with Gasteiger partial charge in [0.2, 0.25) is 5.75 Å². The summed E-state index contributed by atoms with van der Waals surface area (Å²) in [7, 11) is 1.24. The third-order valence-corrected chi connectivity index (χ3v) is 2.81. The number of carbonyl (C=O) groups is 2. The number of carboxylic acids is 1. The highest BCUT2D eigenvalue weighted by molar-refractivity contribution is 5.98. The van der Waals surface area contributed by atoms with E-state index in [2.05, 4.69) is 5.32 Å². The number of carboxylic acid groups (broad SMARTS) is 1. The number of amides is 1. The molecule has 0 saturated carbocycles. The summed E-state index contributed by atoms with van der Waals surface area (Å²) in [5.74, 6) is -1.62. The van der Waals surface area contributed by atoms with E-state index in [9.17, 15) is 19.7 Å². The lowest BCUT2D eigenvalue weighted by molar-refractivity contribution is -0.385. The van der Waals surface area contributed by atoms with Crippen LogP contribution in [0.15, 0.2) is 18.2 Å². The Bertz CT molecular complexity index is 558. The van der Waals surface area contributed by atoms with Gasteiger partial charge in [-0.1, -0.05) is 6.07 Å². The van der Waals surface area contributed by atoms with Crippen molar-refractivity contribution in [3.8, 4) is 5.75 Å². The van der Waals surface area contributed by atoms with Crippen LogP contribution in [0.2, 0.25) is 0 Å². The smallest absolute Gasteiger partial charge is 0.311 e. The molecule has 0 aromatic heterocycles. The molecule has 1 unspecified atom stereocenters. The predicted octanol–water partition coefficient (Wildman–Crippen LogP) is 1.59. The molecular formula is C13H16N2O6. The number of carbonyl (C=O) groups excluding carboxylic acids is 1. The number of hydrogen-bond acceptors (Lipinski definition) is 5. The summed E-state index contributed by atoms with van der Waals surface area (Å²) in [4.78, 5) is 32.8. The lowest BCUT2D eigenvalue weighted by atomic mass is 10.1. The number of para-hydroxylation sites is 1. The van der Waals surface area contributed by atoms with E-state index in [1.807, 2.05) is 0 Å². The standard InChI is InChI=1S/C13H16N2O6/c1-8(6-7-11(16)17)14-13(18)9-4-3-5-10(15(19)20)12(9)21-2/h3-5,8H,6-7H2,1-2H3,(H,14,18)(H,16,17). The summed E-state index contributed by atoms with van der Waals surface area (Å²) in [6, 6.07) is 3.66. The molecule has 21 heavy (non-hydrogen) atoms. The topological polar surface area (TPSA) is 119 Å². The second-order valence-electron chi connectivity index (χ2n) is 4.42. The number of benzene rings is 1. The third kappa shape index (κ3) is 4.44. The highest BCUT2D eigenvalue weighted by Gasteiger charge is 2.23. The molecule has 0 heterocycles. The second kappa shape index (κ2) is 7.22. The second-order valence-corrected chi connectivity index (χ2v) is 4.42. The molecule has 0 aliphatic carbocycles. The third-order valence-electron chi connectivity index (χ3n) is 2.81. The number of methoxy groups -OCH3 is 1. The maximum atomic E-state index is 12.1. The first kappa shape index (κ1) is 16.4. The molecule has 2 N–H and O–H groups in total. The van der Waals surface area contributed by atoms with Crippen molar-refractivity contribution < 1.29 is 24.4 Å². The number of hydrogen-bond donors (Lipinski definition) is 2. The average Bonchev–Trinajstić information content (AvgIpc) is 2.43. The molecule has 8 heteroatoms. The fourth-order valence-electron chi connectivity index (χ4n) is 1.78. The Kier molecular flexibility index (Phi) is 5.65. The summed E-state index contributed by atoms with van der Waals surface area (Å²) in [5.41, 5.74) is -0.266. The van der Waals surface area contributed by atoms with Gasteiger partial charge in [0.05, 0.1) is 17.6 Å². The maximum Gasteiger partial charge on any atom is 0.311 e. The molecule has 114 valence electrons. The van der Waals surface area contributed by atoms with Crippen molar-refractivity contribution in [3.63, 3.8) is 0 Å². The maximum absolute atomic E-state index is 12.1. The van der Waals surface area contributed by atoms with Gasteiger partial charge in [0, 0.05) is 18.5 Å². The van der Waals surface area contributed by atoms with Gasteiger partial charge in [-0.15, -0.1) is 0 Å². The van der Waals surface area contributed by atoms with Crippen molar-refractivity contribution in [1.29, 1.82) is 0 Å². The monoisotopic (exact) mass is 296 g/mol. The van der Waals surface area contributed by atoms with Crippen LogP contribution in [0.25, 0.3) is 0 Å². The Morgan fingerprint density at radius 2 is 2.14 bits per heavy atom. The van der Waals surface area contributed by atoms with Crippen LogP contribution in [-0.4, -0.2) is 35.1 Å². The van der Waals surface area contributed by atoms with Gasteiger partial charge >= 0.3 is 11.7 Å². The highest BCUT2D eigenvalue weighted by Crippen LogP contribution is 2.30. The molecule has 0 radical (unpaired) electrons. The van der Waals surface area contributed by atoms with E-state index in [1.165, 1.54) is 25.3 Å². The van der Waals surface area contributed by atoms with E-state index in [1.54, 1.807) is 6.92 Å². The lowest BCUT2D eigenvalue weighted by Gasteiger charge is -2.14. The van der Waals surface area contributed by atoms with Crippen LogP contribution in [0.5, 0.6) is 5.75 Å². The fourth-order valence-corrected chi connectivity index (χ4v) is 1.78. The SMILES string of the molecule is COc1c(C(=O)NC(C)CCC(=O)O)cccc1[N+](=O)[O-]. The predicted molar refractivity (Wildman–Crippen MR) is 73.4 cm³/mol. The summed E-state index contributed by atoms with van der Waals surface area (Å²) < 4.78 is 4.94. The molecule has 1 rings (SSSR count). The average molecular weight is 296 g/mol. The van der Waals surface area contributed by atoms with E-state index < -0.39 is 16.8 Å². The van der Waals surface area contributed by atoms with Gasteiger partial charge in [-0.05, 0) is 19.4 Å². The van der Waals surface area contributed by atoms with Crippen LogP contribution < -0.4 is 10.1 Å². The van der Waals surface area contributed by atoms with Crippen LogP contribution in [0.4, 0.5) is 5.69 Å². The zero-order valence-corrected chi connectivity index (χ0v) is 11.7. The first-order chi connectivity index (χ1) is 9.86. The van der Waals surface area contributed by atoms with Gasteiger partial charge in [0.25, 0.3) is 5.91 Å². The molecule has 0 bridgehead atoms. The number of ether oxygens (including phenoxy) is 1. The number of nitro benzene ring substituents is 1. The zero-order chi connectivity index (χ0) is 16.0. The molecule has 8 nitrogen and oxygen atoms in total. The zero-order valence-electron chi connectivity index (χ0n) is 11.7. The quantitative estimate of drug-likeness (QED) is 0.582. The van der Waals surface area contributed by atoms with Gasteiger partial charge in [0.15, 0.2) is 0 Å². The number of nitrogens with zero attached hydrogens (tertiary/aromatic N) is 1. The van der Waals surface area contributed by atoms with Crippen molar-refractivity contribution in [2.24, 2.45) is 0 Å². The normalized spacial score (nSPS) is 11.5. The van der Waals surface area contributed by atoms with Crippen molar-refractivity contribution >= 4 is 17.6 Å². The van der Waals surface area contributed by atoms with Crippen molar-refractivity contribution in [3.05, 3.63) is 33.9 Å². The Labute approximate surface area is 120 Å². The first-order valence-electron chi connectivity index (χ1n) is 6.20. The minimum Gasteiger partial charge on any atom is -0.490 e. The lowest BCUT2D eigenvalue weighted by Crippen LogP contribution is -2.33. The molecule has 1 amide bonds. The number of rotatable bonds is 7. The molecule has 1 aromatic carbocycles. The van der Waals surface area contributed by atoms with Crippen LogP contribution in [0, 0.1) is 10.1 Å². The molecule has 0 aliphatic rings. The minimum atomic E-state index is -0.955. The van der Waals surface area contributed by atoms with Gasteiger partial charge in [-0.3, -0.25) is 19.7 Å². The Morgan fingerprint density at radius 3 is 2.67 bits per heavy atom. The largest absolute Gasteiger partial charge is 0.490 e. The molecule has 1 aromatic rings. The van der Waals surface area contributed by atoms with Gasteiger partial charge in [-0.25, -0.2) is 0 Å². The summed E-state index contributed by atoms with van der Waals surface area (Å²) >= 11 is 0. The Hall–Kier alpha value is -2.64. The van der Waals surface area contributed by atoms with E-state index in [0.717, 1.165) is 0 Å². The number of nitrogens with one attached hydrogen (secondary N) is 1. The van der Waals surface area contributed by atoms with Crippen LogP contribution in [0.1, 0.15) is 30.1 Å². The number of aliphatic carboxylic acids is 1. The molecular weight excluding hydrogens is 280 g/mol. The van der Waals surface area contributed by atoms with E-state index in [4.69, 9.17) is 9.84 Å². The Morgan fingerprint density at radius 1 is 1.48 bits per heavy atom. The van der Waals surface area contributed by atoms with Crippen LogP contribution in [0.3, 0.4) is 0 Å². The van der Waals surface area contributed by atoms with Gasteiger partial charge in [-0.2, -0.15) is 0 Å². The molecule has 1 atom stereocenters. The molecule has 0 fully saturated rings. The summed E-state index contributed by atoms with van der Waals surface area (Å²) in [5, 5.41) is 22.1. The first-order valence-corrected chi connectivity index (χ1v) is 6.20. The highest BCUT2D eigenvalue weighted by atomic mass is 16.6. The molecule has 0 saturated heterocycles. The van der Waals surface area contributed by atoms with Crippen LogP contribution in [-0.2, 0) is 4.79 Å². The number of nitro groups is 1. The van der Waals surface area contributed by atoms with E-state index >= 15 is 0 Å². The van der Waals surface area contributed by atoms with Gasteiger partial charge in [0.1, 0.15) is 0 Å². The van der Waals surface area contributed by atoms with Crippen molar-refractivity contribution in [1.82, 2.24) is 5.32 Å². The summed E-state index contributed by atoms with van der Waals surface area (Å²) in [6.07, 6.45) is 0.186. The molecule has 0 spiro atoms. The van der Waals surface area contributed by atoms with E-state index in [0.29, 0.717) is 0 Å². The Balaban J connectivity index is 2.90. The summed E-state index contributed by atoms with van der Waals surface area (Å²) in [6.45, 7) is 1.66. The van der Waals surface area contributed by atoms with Crippen molar-refractivity contribution in [2.75, 3.05) is 7.11 Å². The molecule has 0 aliphatic heterocycles.